The smallest absolute Gasteiger partial charge is 0.416 e. The molecule has 0 atom stereocenters. The maximum atomic E-state index is 12.7. The quantitative estimate of drug-likeness (QED) is 0.822. The summed E-state index contributed by atoms with van der Waals surface area (Å²) in [5, 5.41) is 4.90. The second-order valence-electron chi connectivity index (χ2n) is 5.56. The molecule has 0 radical (unpaired) electrons. The molecule has 26 heavy (non-hydrogen) atoms. The third-order valence-corrected chi connectivity index (χ3v) is 3.50. The molecule has 1 heterocycles. The molecule has 6 nitrogen and oxygen atoms in total. The van der Waals surface area contributed by atoms with E-state index in [1.807, 2.05) is 0 Å². The van der Waals surface area contributed by atoms with E-state index in [0.29, 0.717) is 11.3 Å². The zero-order valence-electron chi connectivity index (χ0n) is 14.0. The number of carbonyl (C=O) groups excluding carboxylic acids is 2. The maximum Gasteiger partial charge on any atom is 0.416 e. The number of hydrogen-bond acceptors (Lipinski definition) is 3. The van der Waals surface area contributed by atoms with Crippen molar-refractivity contribution < 1.29 is 27.2 Å². The van der Waals surface area contributed by atoms with E-state index < -0.39 is 23.7 Å². The summed E-state index contributed by atoms with van der Waals surface area (Å²) in [5.41, 5.74) is -0.427. The number of benzene rings is 1. The van der Waals surface area contributed by atoms with Gasteiger partial charge in [0.2, 0.25) is 5.91 Å². The number of hydrogen-bond donors (Lipinski definition) is 2. The summed E-state index contributed by atoms with van der Waals surface area (Å²) in [5.74, 6) is 0.128. The van der Waals surface area contributed by atoms with E-state index in [1.165, 1.54) is 30.3 Å². The highest BCUT2D eigenvalue weighted by molar-refractivity contribution is 5.83. The fourth-order valence-corrected chi connectivity index (χ4v) is 2.14. The van der Waals surface area contributed by atoms with Crippen molar-refractivity contribution in [1.82, 2.24) is 15.5 Å². The monoisotopic (exact) mass is 369 g/mol. The predicted molar refractivity (Wildman–Crippen MR) is 86.9 cm³/mol. The topological polar surface area (TPSA) is 74.6 Å². The van der Waals surface area contributed by atoms with Gasteiger partial charge in [-0.3, -0.25) is 4.79 Å². The summed E-state index contributed by atoms with van der Waals surface area (Å²) in [6.45, 7) is -0.106. The lowest BCUT2D eigenvalue weighted by Crippen LogP contribution is -2.42. The van der Waals surface area contributed by atoms with Crippen LogP contribution in [0.3, 0.4) is 0 Å². The molecule has 1 aromatic carbocycles. The van der Waals surface area contributed by atoms with Gasteiger partial charge in [-0.15, -0.1) is 0 Å². The van der Waals surface area contributed by atoms with Crippen molar-refractivity contribution in [2.45, 2.75) is 19.3 Å². The zero-order chi connectivity index (χ0) is 19.2. The Morgan fingerprint density at radius 2 is 1.92 bits per heavy atom. The van der Waals surface area contributed by atoms with Crippen LogP contribution in [0.25, 0.3) is 0 Å². The Bertz CT molecular complexity index is 745. The summed E-state index contributed by atoms with van der Waals surface area (Å²) in [4.78, 5) is 24.9. The minimum atomic E-state index is -4.44. The van der Waals surface area contributed by atoms with Crippen LogP contribution < -0.4 is 10.6 Å². The van der Waals surface area contributed by atoms with Gasteiger partial charge in [0, 0.05) is 13.6 Å². The Morgan fingerprint density at radius 3 is 2.58 bits per heavy atom. The Kier molecular flexibility index (Phi) is 6.26. The van der Waals surface area contributed by atoms with E-state index in [-0.39, 0.29) is 19.6 Å². The Balaban J connectivity index is 1.79. The summed E-state index contributed by atoms with van der Waals surface area (Å²) in [6.07, 6.45) is -2.96. The van der Waals surface area contributed by atoms with Gasteiger partial charge in [-0.2, -0.15) is 13.2 Å². The summed E-state index contributed by atoms with van der Waals surface area (Å²) >= 11 is 0. The Morgan fingerprint density at radius 1 is 1.15 bits per heavy atom. The van der Waals surface area contributed by atoms with Crippen LogP contribution >= 0.6 is 0 Å². The number of halogens is 3. The van der Waals surface area contributed by atoms with Crippen molar-refractivity contribution in [3.63, 3.8) is 0 Å². The first kappa shape index (κ1) is 19.4. The van der Waals surface area contributed by atoms with Crippen LogP contribution in [0.5, 0.6) is 0 Å². The lowest BCUT2D eigenvalue weighted by molar-refractivity contribution is -0.137. The van der Waals surface area contributed by atoms with Crippen LogP contribution in [0.1, 0.15) is 16.9 Å². The molecule has 9 heteroatoms. The first-order chi connectivity index (χ1) is 12.3. The highest BCUT2D eigenvalue weighted by atomic mass is 19.4. The molecule has 0 spiro atoms. The lowest BCUT2D eigenvalue weighted by atomic mass is 10.1. The zero-order valence-corrected chi connectivity index (χ0v) is 14.0. The number of urea groups is 1. The fourth-order valence-electron chi connectivity index (χ4n) is 2.14. The third-order valence-electron chi connectivity index (χ3n) is 3.50. The second kappa shape index (κ2) is 8.41. The Labute approximate surface area is 148 Å². The molecule has 2 aromatic rings. The molecule has 0 bridgehead atoms. The van der Waals surface area contributed by atoms with Gasteiger partial charge in [-0.05, 0) is 29.8 Å². The highest BCUT2D eigenvalue weighted by Crippen LogP contribution is 2.29. The molecular formula is C17H18F3N3O3. The lowest BCUT2D eigenvalue weighted by Gasteiger charge is -2.18. The molecule has 0 aliphatic carbocycles. The van der Waals surface area contributed by atoms with Crippen LogP contribution in [-0.2, 0) is 24.1 Å². The number of rotatable bonds is 6. The van der Waals surface area contributed by atoms with E-state index >= 15 is 0 Å². The van der Waals surface area contributed by atoms with E-state index in [4.69, 9.17) is 4.42 Å². The normalized spacial score (nSPS) is 11.1. The minimum absolute atomic E-state index is 0.00154. The fraction of sp³-hybridized carbons (Fsp3) is 0.294. The summed E-state index contributed by atoms with van der Waals surface area (Å²) in [6, 6.07) is 7.57. The predicted octanol–water partition coefficient (Wildman–Crippen LogP) is 2.76. The van der Waals surface area contributed by atoms with Gasteiger partial charge in [0.1, 0.15) is 5.76 Å². The SMILES string of the molecule is CN(Cc1cccc(C(F)(F)F)c1)C(=O)CNC(=O)NCc1ccco1. The summed E-state index contributed by atoms with van der Waals surface area (Å²) in [7, 11) is 1.45. The Hall–Kier alpha value is -2.97. The molecule has 3 amide bonds. The molecule has 0 unspecified atom stereocenters. The molecule has 0 aliphatic heterocycles. The number of likely N-dealkylation sites (N-methyl/N-ethyl adjacent to an activating group) is 1. The van der Waals surface area contributed by atoms with Crippen molar-refractivity contribution >= 4 is 11.9 Å². The van der Waals surface area contributed by atoms with E-state index in [0.717, 1.165) is 12.1 Å². The number of nitrogens with zero attached hydrogens (tertiary/aromatic N) is 1. The molecular weight excluding hydrogens is 351 g/mol. The number of nitrogens with one attached hydrogen (secondary N) is 2. The standard InChI is InChI=1S/C17H18F3N3O3/c1-23(11-12-4-2-5-13(8-12)17(18,19)20)15(24)10-22-16(25)21-9-14-6-3-7-26-14/h2-8H,9-11H2,1H3,(H2,21,22,25). The number of furan rings is 1. The van der Waals surface area contributed by atoms with Crippen molar-refractivity contribution in [3.8, 4) is 0 Å². The average Bonchev–Trinajstić information content (AvgIpc) is 3.10. The molecule has 0 fully saturated rings. The van der Waals surface area contributed by atoms with Crippen LogP contribution in [0, 0.1) is 0 Å². The average molecular weight is 369 g/mol. The van der Waals surface area contributed by atoms with Crippen molar-refractivity contribution in [2.75, 3.05) is 13.6 Å². The molecule has 0 aliphatic rings. The van der Waals surface area contributed by atoms with Crippen molar-refractivity contribution in [2.24, 2.45) is 0 Å². The third kappa shape index (κ3) is 5.83. The van der Waals surface area contributed by atoms with Gasteiger partial charge in [-0.25, -0.2) is 4.79 Å². The van der Waals surface area contributed by atoms with Gasteiger partial charge in [0.15, 0.2) is 0 Å². The molecule has 2 N–H and O–H groups in total. The van der Waals surface area contributed by atoms with Gasteiger partial charge >= 0.3 is 12.2 Å². The van der Waals surface area contributed by atoms with Crippen LogP contribution in [0.2, 0.25) is 0 Å². The first-order valence-corrected chi connectivity index (χ1v) is 7.70. The molecule has 140 valence electrons. The van der Waals surface area contributed by atoms with Crippen molar-refractivity contribution in [1.29, 1.82) is 0 Å². The minimum Gasteiger partial charge on any atom is -0.467 e. The number of carbonyl (C=O) groups is 2. The van der Waals surface area contributed by atoms with Crippen molar-refractivity contribution in [3.05, 3.63) is 59.5 Å². The highest BCUT2D eigenvalue weighted by Gasteiger charge is 2.30. The van der Waals surface area contributed by atoms with Crippen LogP contribution in [0.15, 0.2) is 47.1 Å². The van der Waals surface area contributed by atoms with Crippen LogP contribution in [0.4, 0.5) is 18.0 Å². The molecule has 2 rings (SSSR count). The van der Waals surface area contributed by atoms with E-state index in [2.05, 4.69) is 10.6 Å². The van der Waals surface area contributed by atoms with Crippen LogP contribution in [-0.4, -0.2) is 30.4 Å². The summed E-state index contributed by atoms with van der Waals surface area (Å²) < 4.78 is 43.2. The van der Waals surface area contributed by atoms with E-state index in [9.17, 15) is 22.8 Å². The largest absolute Gasteiger partial charge is 0.467 e. The van der Waals surface area contributed by atoms with Gasteiger partial charge in [-0.1, -0.05) is 12.1 Å². The molecule has 0 saturated heterocycles. The van der Waals surface area contributed by atoms with Gasteiger partial charge in [0.25, 0.3) is 0 Å². The number of alkyl halides is 3. The second-order valence-corrected chi connectivity index (χ2v) is 5.56. The van der Waals surface area contributed by atoms with E-state index in [1.54, 1.807) is 12.1 Å². The van der Waals surface area contributed by atoms with Gasteiger partial charge in [0.05, 0.1) is 24.9 Å². The number of amides is 3. The first-order valence-electron chi connectivity index (χ1n) is 7.70. The maximum absolute atomic E-state index is 12.7. The van der Waals surface area contributed by atoms with Gasteiger partial charge < -0.3 is 20.0 Å². The molecule has 1 aromatic heterocycles. The molecule has 0 saturated carbocycles.